The maximum absolute atomic E-state index is 11.3. The molecule has 5 heteroatoms. The van der Waals surface area contributed by atoms with Crippen LogP contribution < -0.4 is 5.32 Å². The molecule has 0 amide bonds. The Kier molecular flexibility index (Phi) is 3.50. The number of benzene rings is 1. The maximum Gasteiger partial charge on any atom is 0.230 e. The molecule has 104 valence electrons. The highest BCUT2D eigenvalue weighted by Gasteiger charge is 2.11. The van der Waals surface area contributed by atoms with E-state index in [0.717, 1.165) is 10.6 Å². The van der Waals surface area contributed by atoms with Gasteiger partial charge in [-0.15, -0.1) is 22.7 Å². The summed E-state index contributed by atoms with van der Waals surface area (Å²) in [5, 5.41) is 4.37. The van der Waals surface area contributed by atoms with Crippen LogP contribution in [0.5, 0.6) is 0 Å². The second-order valence-electron chi connectivity index (χ2n) is 4.60. The Morgan fingerprint density at radius 3 is 2.76 bits per heavy atom. The first-order chi connectivity index (χ1) is 10.1. The normalized spacial score (nSPS) is 11.8. The third-order valence-electron chi connectivity index (χ3n) is 3.21. The quantitative estimate of drug-likeness (QED) is 0.545. The van der Waals surface area contributed by atoms with Crippen molar-refractivity contribution < 1.29 is 4.79 Å². The van der Waals surface area contributed by atoms with E-state index in [1.807, 2.05) is 7.05 Å². The summed E-state index contributed by atoms with van der Waals surface area (Å²) in [7, 11) is 1.91. The number of rotatable bonds is 3. The summed E-state index contributed by atoms with van der Waals surface area (Å²) < 4.78 is 3.66. The fraction of sp³-hybridized carbons (Fsp3) is 0.125. The maximum atomic E-state index is 11.3. The molecule has 1 N–H and O–H groups in total. The average Bonchev–Trinajstić information content (AvgIpc) is 3.00. The van der Waals surface area contributed by atoms with Gasteiger partial charge in [0.1, 0.15) is 0 Å². The molecule has 1 aromatic carbocycles. The summed E-state index contributed by atoms with van der Waals surface area (Å²) in [4.78, 5) is 15.6. The van der Waals surface area contributed by atoms with E-state index in [9.17, 15) is 4.79 Å². The van der Waals surface area contributed by atoms with E-state index < -0.39 is 0 Å². The van der Waals surface area contributed by atoms with Crippen molar-refractivity contribution in [1.82, 2.24) is 0 Å². The van der Waals surface area contributed by atoms with Crippen LogP contribution >= 0.6 is 22.7 Å². The van der Waals surface area contributed by atoms with Crippen molar-refractivity contribution in [1.29, 1.82) is 0 Å². The number of Topliss-reactive ketones (excluding diaryl/α,β-unsaturated/α-hetero) is 1. The molecule has 21 heavy (non-hydrogen) atoms. The van der Waals surface area contributed by atoms with E-state index in [1.165, 1.54) is 26.4 Å². The molecule has 0 spiro atoms. The van der Waals surface area contributed by atoms with Gasteiger partial charge in [-0.05, 0) is 31.2 Å². The highest BCUT2D eigenvalue weighted by atomic mass is 32.1. The summed E-state index contributed by atoms with van der Waals surface area (Å²) in [6.45, 7) is 8.47. The minimum Gasteiger partial charge on any atom is -0.388 e. The van der Waals surface area contributed by atoms with Crippen LogP contribution in [0.15, 0.2) is 30.0 Å². The topological polar surface area (TPSA) is 33.5 Å². The number of anilines is 1. The Labute approximate surface area is 130 Å². The van der Waals surface area contributed by atoms with Crippen molar-refractivity contribution in [2.75, 3.05) is 12.4 Å². The number of nitrogens with zero attached hydrogens (tertiary/aromatic N) is 1. The smallest absolute Gasteiger partial charge is 0.230 e. The lowest BCUT2D eigenvalue weighted by molar-refractivity contribution is -0.113. The van der Waals surface area contributed by atoms with Crippen LogP contribution in [0.2, 0.25) is 0 Å². The molecule has 3 nitrogen and oxygen atoms in total. The van der Waals surface area contributed by atoms with E-state index in [2.05, 4.69) is 34.4 Å². The van der Waals surface area contributed by atoms with E-state index >= 15 is 0 Å². The highest BCUT2D eigenvalue weighted by molar-refractivity contribution is 7.33. The van der Waals surface area contributed by atoms with E-state index in [0.29, 0.717) is 0 Å². The van der Waals surface area contributed by atoms with Gasteiger partial charge in [-0.1, -0.05) is 6.07 Å². The summed E-state index contributed by atoms with van der Waals surface area (Å²) in [6.07, 6.45) is 1.68. The molecular weight excluding hydrogens is 300 g/mol. The largest absolute Gasteiger partial charge is 0.388 e. The minimum atomic E-state index is -0.190. The second kappa shape index (κ2) is 5.32. The van der Waals surface area contributed by atoms with Gasteiger partial charge in [0.15, 0.2) is 5.78 Å². The third-order valence-corrected chi connectivity index (χ3v) is 5.56. The van der Waals surface area contributed by atoms with Gasteiger partial charge >= 0.3 is 0 Å². The zero-order chi connectivity index (χ0) is 15.0. The van der Waals surface area contributed by atoms with Gasteiger partial charge < -0.3 is 10.1 Å². The zero-order valence-electron chi connectivity index (χ0n) is 11.6. The molecule has 0 saturated heterocycles. The van der Waals surface area contributed by atoms with Crippen molar-refractivity contribution in [3.05, 3.63) is 46.3 Å². The van der Waals surface area contributed by atoms with Crippen LogP contribution in [0.1, 0.15) is 11.8 Å². The first-order valence-corrected chi connectivity index (χ1v) is 7.99. The fourth-order valence-electron chi connectivity index (χ4n) is 2.14. The SMILES string of the molecule is [C-]#[N+]/C(=C\c1cc2sc3cc(NC)ccc3c2s1)C(C)=O. The van der Waals surface area contributed by atoms with Crippen LogP contribution in [0, 0.1) is 6.57 Å². The van der Waals surface area contributed by atoms with Crippen LogP contribution in [0.4, 0.5) is 5.69 Å². The van der Waals surface area contributed by atoms with Crippen molar-refractivity contribution in [2.24, 2.45) is 0 Å². The van der Waals surface area contributed by atoms with Gasteiger partial charge in [-0.3, -0.25) is 0 Å². The number of fused-ring (bicyclic) bond motifs is 3. The van der Waals surface area contributed by atoms with Gasteiger partial charge in [0.05, 0.1) is 11.3 Å². The van der Waals surface area contributed by atoms with Crippen LogP contribution in [-0.4, -0.2) is 12.8 Å². The Balaban J connectivity index is 2.14. The number of allylic oxidation sites excluding steroid dienone is 1. The fourth-order valence-corrected chi connectivity index (χ4v) is 4.65. The van der Waals surface area contributed by atoms with Gasteiger partial charge in [0.2, 0.25) is 5.70 Å². The van der Waals surface area contributed by atoms with E-state index in [1.54, 1.807) is 28.7 Å². The molecule has 0 aliphatic carbocycles. The minimum absolute atomic E-state index is 0.186. The standard InChI is InChI=1S/C16H12N2OS2/c1-9(19)13(18-3)7-11-8-15-16(20-11)12-5-4-10(17-2)6-14(12)21-15/h4-8,17H,1-2H3/b13-7-. The predicted molar refractivity (Wildman–Crippen MR) is 92.0 cm³/mol. The molecule has 0 aliphatic heterocycles. The lowest BCUT2D eigenvalue weighted by Gasteiger charge is -1.98. The van der Waals surface area contributed by atoms with Gasteiger partial charge in [-0.2, -0.15) is 0 Å². The Hall–Kier alpha value is -2.16. The van der Waals surface area contributed by atoms with Crippen molar-refractivity contribution in [3.63, 3.8) is 0 Å². The third kappa shape index (κ3) is 2.44. The first kappa shape index (κ1) is 13.8. The van der Waals surface area contributed by atoms with Gasteiger partial charge in [0, 0.05) is 32.4 Å². The van der Waals surface area contributed by atoms with Crippen LogP contribution in [0.25, 0.3) is 30.4 Å². The zero-order valence-corrected chi connectivity index (χ0v) is 13.2. The summed E-state index contributed by atoms with van der Waals surface area (Å²) in [5.41, 5.74) is 1.29. The monoisotopic (exact) mass is 312 g/mol. The van der Waals surface area contributed by atoms with E-state index in [-0.39, 0.29) is 11.5 Å². The molecule has 2 aromatic heterocycles. The van der Waals surface area contributed by atoms with Crippen molar-refractivity contribution in [2.45, 2.75) is 6.92 Å². The lowest BCUT2D eigenvalue weighted by atomic mass is 10.2. The Morgan fingerprint density at radius 1 is 1.29 bits per heavy atom. The molecule has 0 fully saturated rings. The molecule has 0 saturated carbocycles. The van der Waals surface area contributed by atoms with Crippen molar-refractivity contribution in [3.8, 4) is 0 Å². The Bertz CT molecular complexity index is 925. The number of hydrogen-bond donors (Lipinski definition) is 1. The summed E-state index contributed by atoms with van der Waals surface area (Å²) in [5.74, 6) is -0.190. The molecule has 3 aromatic rings. The molecule has 0 aliphatic rings. The number of carbonyl (C=O) groups is 1. The summed E-state index contributed by atoms with van der Waals surface area (Å²) >= 11 is 3.36. The number of carbonyl (C=O) groups excluding carboxylic acids is 1. The lowest BCUT2D eigenvalue weighted by Crippen LogP contribution is -1.89. The molecule has 0 bridgehead atoms. The van der Waals surface area contributed by atoms with E-state index in [4.69, 9.17) is 6.57 Å². The number of nitrogens with one attached hydrogen (secondary N) is 1. The number of thiophene rings is 2. The second-order valence-corrected chi connectivity index (χ2v) is 6.77. The van der Waals surface area contributed by atoms with Crippen LogP contribution in [-0.2, 0) is 4.79 Å². The molecule has 2 heterocycles. The molecule has 3 rings (SSSR count). The first-order valence-electron chi connectivity index (χ1n) is 6.36. The average molecular weight is 312 g/mol. The molecule has 0 radical (unpaired) electrons. The highest BCUT2D eigenvalue weighted by Crippen LogP contribution is 2.41. The molecule has 0 atom stereocenters. The van der Waals surface area contributed by atoms with Gasteiger partial charge in [0.25, 0.3) is 0 Å². The number of ketones is 1. The number of hydrogen-bond acceptors (Lipinski definition) is 4. The Morgan fingerprint density at radius 2 is 2.10 bits per heavy atom. The van der Waals surface area contributed by atoms with Crippen molar-refractivity contribution >= 4 is 59.7 Å². The predicted octanol–water partition coefficient (Wildman–Crippen LogP) is 5.01. The van der Waals surface area contributed by atoms with Crippen LogP contribution in [0.3, 0.4) is 0 Å². The molecular formula is C16H12N2OS2. The summed E-state index contributed by atoms with van der Waals surface area (Å²) in [6, 6.07) is 8.37. The molecule has 0 unspecified atom stereocenters. The van der Waals surface area contributed by atoms with Gasteiger partial charge in [-0.25, -0.2) is 4.85 Å².